The minimum Gasteiger partial charge on any atom is -0.207 e. The number of fused-ring (bicyclic) bond motifs is 1. The monoisotopic (exact) mass is 312 g/mol. The molecule has 0 N–H and O–H groups in total. The van der Waals surface area contributed by atoms with Crippen LogP contribution in [-0.2, 0) is 16.4 Å². The SMILES string of the molecule is CN([C@H]1CCc2ccccc21)S(=O)(=O)c1ccc(C#N)cc1. The number of hydrogen-bond donors (Lipinski definition) is 0. The molecule has 0 aliphatic heterocycles. The molecule has 1 aliphatic carbocycles. The summed E-state index contributed by atoms with van der Waals surface area (Å²) in [5.74, 6) is 0. The molecule has 0 spiro atoms. The molecule has 112 valence electrons. The summed E-state index contributed by atoms with van der Waals surface area (Å²) >= 11 is 0. The van der Waals surface area contributed by atoms with Gasteiger partial charge in [0.05, 0.1) is 22.6 Å². The largest absolute Gasteiger partial charge is 0.243 e. The van der Waals surface area contributed by atoms with Gasteiger partial charge >= 0.3 is 0 Å². The summed E-state index contributed by atoms with van der Waals surface area (Å²) in [5, 5.41) is 8.81. The molecule has 0 radical (unpaired) electrons. The van der Waals surface area contributed by atoms with Crippen LogP contribution in [-0.4, -0.2) is 19.8 Å². The number of aryl methyl sites for hydroxylation is 1. The van der Waals surface area contributed by atoms with Gasteiger partial charge in [-0.05, 0) is 48.2 Å². The second kappa shape index (κ2) is 5.56. The smallest absolute Gasteiger partial charge is 0.207 e. The van der Waals surface area contributed by atoms with E-state index in [1.807, 2.05) is 24.3 Å². The maximum Gasteiger partial charge on any atom is 0.243 e. The average molecular weight is 312 g/mol. The summed E-state index contributed by atoms with van der Waals surface area (Å²) < 4.78 is 27.0. The van der Waals surface area contributed by atoms with Crippen LogP contribution in [0.2, 0.25) is 0 Å². The standard InChI is InChI=1S/C17H16N2O2S/c1-19(17-11-8-14-4-2-3-5-16(14)17)22(20,21)15-9-6-13(12-18)7-10-15/h2-7,9-10,17H,8,11H2,1H3/t17-/m0/s1. The highest BCUT2D eigenvalue weighted by Gasteiger charge is 2.33. The van der Waals surface area contributed by atoms with Gasteiger partial charge < -0.3 is 0 Å². The normalized spacial score (nSPS) is 17.2. The molecule has 0 saturated heterocycles. The maximum atomic E-state index is 12.8. The molecule has 0 amide bonds. The summed E-state index contributed by atoms with van der Waals surface area (Å²) in [7, 11) is -1.94. The maximum absolute atomic E-state index is 12.8. The molecule has 4 nitrogen and oxygen atoms in total. The predicted octanol–water partition coefficient (Wildman–Crippen LogP) is 2.87. The lowest BCUT2D eigenvalue weighted by Gasteiger charge is -2.24. The van der Waals surface area contributed by atoms with E-state index in [0.717, 1.165) is 18.4 Å². The first-order valence-corrected chi connectivity index (χ1v) is 8.54. The molecule has 0 fully saturated rings. The van der Waals surface area contributed by atoms with Crippen molar-refractivity contribution in [2.45, 2.75) is 23.8 Å². The van der Waals surface area contributed by atoms with E-state index in [1.165, 1.54) is 34.1 Å². The Morgan fingerprint density at radius 2 is 1.82 bits per heavy atom. The molecule has 3 rings (SSSR count). The zero-order valence-corrected chi connectivity index (χ0v) is 13.0. The lowest BCUT2D eigenvalue weighted by atomic mass is 10.1. The zero-order valence-electron chi connectivity index (χ0n) is 12.2. The van der Waals surface area contributed by atoms with E-state index >= 15 is 0 Å². The number of sulfonamides is 1. The van der Waals surface area contributed by atoms with Gasteiger partial charge in [0.25, 0.3) is 0 Å². The van der Waals surface area contributed by atoms with Crippen molar-refractivity contribution in [3.63, 3.8) is 0 Å². The molecule has 5 heteroatoms. The Hall–Kier alpha value is -2.16. The highest BCUT2D eigenvalue weighted by Crippen LogP contribution is 2.37. The van der Waals surface area contributed by atoms with Crippen LogP contribution in [0.4, 0.5) is 0 Å². The van der Waals surface area contributed by atoms with Crippen LogP contribution < -0.4 is 0 Å². The zero-order chi connectivity index (χ0) is 15.7. The van der Waals surface area contributed by atoms with Gasteiger partial charge in [-0.15, -0.1) is 0 Å². The summed E-state index contributed by atoms with van der Waals surface area (Å²) in [5.41, 5.74) is 2.75. The summed E-state index contributed by atoms with van der Waals surface area (Å²) in [4.78, 5) is 0.221. The number of hydrogen-bond acceptors (Lipinski definition) is 3. The molecule has 0 heterocycles. The molecule has 0 bridgehead atoms. The van der Waals surface area contributed by atoms with Crippen molar-refractivity contribution in [2.24, 2.45) is 0 Å². The van der Waals surface area contributed by atoms with Gasteiger partial charge in [0.15, 0.2) is 0 Å². The van der Waals surface area contributed by atoms with E-state index in [9.17, 15) is 8.42 Å². The Bertz CT molecular complexity index is 836. The lowest BCUT2D eigenvalue weighted by molar-refractivity contribution is 0.374. The first-order chi connectivity index (χ1) is 10.5. The average Bonchev–Trinajstić information content (AvgIpc) is 2.98. The van der Waals surface area contributed by atoms with E-state index in [0.29, 0.717) is 5.56 Å². The van der Waals surface area contributed by atoms with Crippen molar-refractivity contribution in [3.8, 4) is 6.07 Å². The molecular weight excluding hydrogens is 296 g/mol. The van der Waals surface area contributed by atoms with Crippen molar-refractivity contribution in [2.75, 3.05) is 7.05 Å². The van der Waals surface area contributed by atoms with Gasteiger partial charge in [0.1, 0.15) is 0 Å². The Balaban J connectivity index is 1.94. The number of nitrogens with zero attached hydrogens (tertiary/aromatic N) is 2. The molecule has 0 aromatic heterocycles. The van der Waals surface area contributed by atoms with Gasteiger partial charge in [-0.25, -0.2) is 8.42 Å². The first kappa shape index (κ1) is 14.8. The Labute approximate surface area is 130 Å². The quantitative estimate of drug-likeness (QED) is 0.875. The summed E-state index contributed by atoms with van der Waals surface area (Å²) in [6, 6.07) is 15.9. The fourth-order valence-electron chi connectivity index (χ4n) is 2.95. The Kier molecular flexibility index (Phi) is 3.73. The highest BCUT2D eigenvalue weighted by atomic mass is 32.2. The highest BCUT2D eigenvalue weighted by molar-refractivity contribution is 7.89. The summed E-state index contributed by atoms with van der Waals surface area (Å²) in [6.45, 7) is 0. The summed E-state index contributed by atoms with van der Waals surface area (Å²) in [6.07, 6.45) is 1.69. The lowest BCUT2D eigenvalue weighted by Crippen LogP contribution is -2.30. The minimum atomic E-state index is -3.57. The van der Waals surface area contributed by atoms with Crippen LogP contribution in [0.1, 0.15) is 29.2 Å². The number of nitriles is 1. The minimum absolute atomic E-state index is 0.128. The van der Waals surface area contributed by atoms with Crippen LogP contribution in [0.3, 0.4) is 0 Å². The van der Waals surface area contributed by atoms with Crippen molar-refractivity contribution in [1.29, 1.82) is 5.26 Å². The third-order valence-electron chi connectivity index (χ3n) is 4.20. The second-order valence-corrected chi connectivity index (χ2v) is 7.41. The number of rotatable bonds is 3. The van der Waals surface area contributed by atoms with Crippen molar-refractivity contribution < 1.29 is 8.42 Å². The second-order valence-electron chi connectivity index (χ2n) is 5.41. The van der Waals surface area contributed by atoms with Crippen LogP contribution in [0, 0.1) is 11.3 Å². The van der Waals surface area contributed by atoms with Crippen LogP contribution in [0.25, 0.3) is 0 Å². The first-order valence-electron chi connectivity index (χ1n) is 7.10. The van der Waals surface area contributed by atoms with Crippen LogP contribution >= 0.6 is 0 Å². The molecule has 2 aromatic rings. The molecule has 2 aromatic carbocycles. The van der Waals surface area contributed by atoms with Gasteiger partial charge in [0.2, 0.25) is 10.0 Å². The van der Waals surface area contributed by atoms with E-state index < -0.39 is 10.0 Å². The van der Waals surface area contributed by atoms with Gasteiger partial charge in [-0.2, -0.15) is 9.57 Å². The van der Waals surface area contributed by atoms with Gasteiger partial charge in [0, 0.05) is 7.05 Å². The van der Waals surface area contributed by atoms with E-state index in [4.69, 9.17) is 5.26 Å². The van der Waals surface area contributed by atoms with E-state index in [-0.39, 0.29) is 10.9 Å². The molecule has 1 aliphatic rings. The number of benzene rings is 2. The topological polar surface area (TPSA) is 61.2 Å². The van der Waals surface area contributed by atoms with E-state index in [1.54, 1.807) is 7.05 Å². The van der Waals surface area contributed by atoms with Gasteiger partial charge in [-0.3, -0.25) is 0 Å². The van der Waals surface area contributed by atoms with Crippen molar-refractivity contribution in [1.82, 2.24) is 4.31 Å². The third kappa shape index (κ3) is 2.41. The van der Waals surface area contributed by atoms with Gasteiger partial charge in [-0.1, -0.05) is 24.3 Å². The van der Waals surface area contributed by atoms with Crippen molar-refractivity contribution in [3.05, 3.63) is 65.2 Å². The molecular formula is C17H16N2O2S. The fraction of sp³-hybridized carbons (Fsp3) is 0.235. The van der Waals surface area contributed by atoms with Crippen LogP contribution in [0.5, 0.6) is 0 Å². The molecule has 1 atom stereocenters. The fourth-order valence-corrected chi connectivity index (χ4v) is 4.31. The molecule has 0 unspecified atom stereocenters. The Morgan fingerprint density at radius 1 is 1.14 bits per heavy atom. The molecule has 0 saturated carbocycles. The van der Waals surface area contributed by atoms with Crippen LogP contribution in [0.15, 0.2) is 53.4 Å². The predicted molar refractivity (Wildman–Crippen MR) is 83.6 cm³/mol. The van der Waals surface area contributed by atoms with E-state index in [2.05, 4.69) is 6.07 Å². The van der Waals surface area contributed by atoms with Crippen molar-refractivity contribution >= 4 is 10.0 Å². The Morgan fingerprint density at radius 3 is 2.50 bits per heavy atom. The third-order valence-corrected chi connectivity index (χ3v) is 6.08. The molecule has 22 heavy (non-hydrogen) atoms.